The van der Waals surface area contributed by atoms with Crippen molar-refractivity contribution in [3.63, 3.8) is 0 Å². The maximum atomic E-state index is 8.86. The second-order valence-corrected chi connectivity index (χ2v) is 7.28. The smallest absolute Gasteiger partial charge is 0.160 e. The Labute approximate surface area is 153 Å². The predicted octanol–water partition coefficient (Wildman–Crippen LogP) is 4.60. The Morgan fingerprint density at radius 1 is 1.12 bits per heavy atom. The molecule has 4 nitrogen and oxygen atoms in total. The molecule has 136 valence electrons. The van der Waals surface area contributed by atoms with E-state index in [4.69, 9.17) is 19.3 Å². The second-order valence-electron chi connectivity index (χ2n) is 6.37. The van der Waals surface area contributed by atoms with Gasteiger partial charge in [0.15, 0.2) is 12.6 Å². The van der Waals surface area contributed by atoms with Gasteiger partial charge in [-0.2, -0.15) is 0 Å². The molecule has 2 aliphatic heterocycles. The van der Waals surface area contributed by atoms with E-state index in [1.807, 2.05) is 31.2 Å². The fraction of sp³-hybridized carbons (Fsp3) is 0.684. The highest BCUT2D eigenvalue weighted by atomic mass is 79.9. The second kappa shape index (κ2) is 11.2. The monoisotopic (exact) mass is 400 g/mol. The molecule has 0 spiro atoms. The van der Waals surface area contributed by atoms with Gasteiger partial charge >= 0.3 is 0 Å². The summed E-state index contributed by atoms with van der Waals surface area (Å²) in [6.07, 6.45) is 6.83. The molecule has 3 rings (SSSR count). The zero-order chi connectivity index (χ0) is 17.2. The van der Waals surface area contributed by atoms with Crippen molar-refractivity contribution in [2.24, 2.45) is 0 Å². The Balaban J connectivity index is 0.000000177. The van der Waals surface area contributed by atoms with E-state index in [1.54, 1.807) is 0 Å². The first-order chi connectivity index (χ1) is 11.7. The minimum absolute atomic E-state index is 0.00292. The first-order valence-electron chi connectivity index (χ1n) is 8.94. The first-order valence-corrected chi connectivity index (χ1v) is 9.73. The third-order valence-electron chi connectivity index (χ3n) is 4.27. The summed E-state index contributed by atoms with van der Waals surface area (Å²) in [7, 11) is 0. The van der Waals surface area contributed by atoms with Gasteiger partial charge in [-0.25, -0.2) is 0 Å². The minimum atomic E-state index is -0.00292. The molecular weight excluding hydrogens is 372 g/mol. The minimum Gasteiger partial charge on any atom is -0.396 e. The fourth-order valence-electron chi connectivity index (χ4n) is 2.72. The number of aliphatic hydroxyl groups is 1. The standard InChI is InChI=1S/C10H18O3.C9H11BrO/c1-3-7-11-9(5-1)13-10-6-2-4-8-12-10;1-7(6-11)8-3-2-4-9(10)5-8/h9-10H,1-8H2;2-5,7,11H,6H2,1H3. The van der Waals surface area contributed by atoms with Crippen molar-refractivity contribution in [3.05, 3.63) is 34.3 Å². The molecule has 5 heteroatoms. The maximum absolute atomic E-state index is 8.86. The summed E-state index contributed by atoms with van der Waals surface area (Å²) < 4.78 is 17.7. The van der Waals surface area contributed by atoms with E-state index in [2.05, 4.69) is 15.9 Å². The van der Waals surface area contributed by atoms with E-state index in [0.29, 0.717) is 0 Å². The van der Waals surface area contributed by atoms with Crippen molar-refractivity contribution >= 4 is 15.9 Å². The van der Waals surface area contributed by atoms with E-state index in [-0.39, 0.29) is 25.1 Å². The van der Waals surface area contributed by atoms with Gasteiger partial charge in [0.2, 0.25) is 0 Å². The van der Waals surface area contributed by atoms with Gasteiger partial charge in [0.1, 0.15) is 0 Å². The normalized spacial score (nSPS) is 25.5. The van der Waals surface area contributed by atoms with E-state index in [0.717, 1.165) is 30.5 Å². The Bertz CT molecular complexity index is 440. The van der Waals surface area contributed by atoms with E-state index < -0.39 is 0 Å². The third kappa shape index (κ3) is 7.19. The number of hydrogen-bond acceptors (Lipinski definition) is 4. The summed E-state index contributed by atoms with van der Waals surface area (Å²) in [5, 5.41) is 8.86. The van der Waals surface area contributed by atoms with Gasteiger partial charge < -0.3 is 19.3 Å². The molecule has 0 aromatic heterocycles. The van der Waals surface area contributed by atoms with Crippen LogP contribution < -0.4 is 0 Å². The van der Waals surface area contributed by atoms with Gasteiger partial charge in [-0.3, -0.25) is 0 Å². The zero-order valence-electron chi connectivity index (χ0n) is 14.5. The summed E-state index contributed by atoms with van der Waals surface area (Å²) in [6.45, 7) is 3.90. The van der Waals surface area contributed by atoms with Crippen LogP contribution in [0.1, 0.15) is 56.9 Å². The SMILES string of the molecule is C1CCC(OC2CCCCO2)OC1.CC(CO)c1cccc(Br)c1. The summed E-state index contributed by atoms with van der Waals surface area (Å²) in [4.78, 5) is 0. The predicted molar refractivity (Wildman–Crippen MR) is 97.9 cm³/mol. The zero-order valence-corrected chi connectivity index (χ0v) is 16.0. The molecule has 3 atom stereocenters. The Hall–Kier alpha value is -0.460. The quantitative estimate of drug-likeness (QED) is 0.801. The van der Waals surface area contributed by atoms with Crippen molar-refractivity contribution < 1.29 is 19.3 Å². The lowest BCUT2D eigenvalue weighted by atomic mass is 10.0. The molecule has 0 radical (unpaired) electrons. The molecule has 0 saturated carbocycles. The molecule has 24 heavy (non-hydrogen) atoms. The summed E-state index contributed by atoms with van der Waals surface area (Å²) >= 11 is 3.38. The van der Waals surface area contributed by atoms with Crippen LogP contribution in [0.5, 0.6) is 0 Å². The number of ether oxygens (including phenoxy) is 3. The topological polar surface area (TPSA) is 47.9 Å². The lowest BCUT2D eigenvalue weighted by Gasteiger charge is -2.29. The van der Waals surface area contributed by atoms with Gasteiger partial charge in [0.25, 0.3) is 0 Å². The lowest BCUT2D eigenvalue weighted by Crippen LogP contribution is -2.31. The molecular formula is C19H29BrO4. The average molecular weight is 401 g/mol. The molecule has 1 aromatic rings. The molecule has 2 fully saturated rings. The highest BCUT2D eigenvalue weighted by Crippen LogP contribution is 2.21. The summed E-state index contributed by atoms with van der Waals surface area (Å²) in [5.41, 5.74) is 1.17. The Morgan fingerprint density at radius 2 is 1.75 bits per heavy atom. The van der Waals surface area contributed by atoms with Crippen LogP contribution in [0.25, 0.3) is 0 Å². The molecule has 0 amide bonds. The highest BCUT2D eigenvalue weighted by molar-refractivity contribution is 9.10. The maximum Gasteiger partial charge on any atom is 0.160 e. The van der Waals surface area contributed by atoms with Gasteiger partial charge in [-0.1, -0.05) is 35.0 Å². The number of hydrogen-bond donors (Lipinski definition) is 1. The van der Waals surface area contributed by atoms with Crippen LogP contribution in [-0.2, 0) is 14.2 Å². The van der Waals surface area contributed by atoms with Crippen molar-refractivity contribution in [1.29, 1.82) is 0 Å². The van der Waals surface area contributed by atoms with Crippen LogP contribution in [0.2, 0.25) is 0 Å². The van der Waals surface area contributed by atoms with Gasteiger partial charge in [0.05, 0.1) is 0 Å². The molecule has 1 N–H and O–H groups in total. The number of halogens is 1. The first kappa shape index (κ1) is 19.9. The number of aliphatic hydroxyl groups excluding tert-OH is 1. The third-order valence-corrected chi connectivity index (χ3v) is 4.76. The van der Waals surface area contributed by atoms with Crippen LogP contribution in [0, 0.1) is 0 Å². The Kier molecular flexibility index (Phi) is 9.28. The molecule has 0 aliphatic carbocycles. The van der Waals surface area contributed by atoms with Crippen LogP contribution >= 0.6 is 15.9 Å². The fourth-order valence-corrected chi connectivity index (χ4v) is 3.14. The molecule has 0 bridgehead atoms. The van der Waals surface area contributed by atoms with Crippen molar-refractivity contribution in [1.82, 2.24) is 0 Å². The summed E-state index contributed by atoms with van der Waals surface area (Å²) in [5.74, 6) is 0.229. The largest absolute Gasteiger partial charge is 0.396 e. The van der Waals surface area contributed by atoms with Crippen LogP contribution in [0.3, 0.4) is 0 Å². The van der Waals surface area contributed by atoms with Crippen LogP contribution in [0.15, 0.2) is 28.7 Å². The van der Waals surface area contributed by atoms with Gasteiger partial charge in [-0.15, -0.1) is 0 Å². The van der Waals surface area contributed by atoms with Crippen molar-refractivity contribution in [2.45, 2.75) is 63.9 Å². The van der Waals surface area contributed by atoms with E-state index in [1.165, 1.54) is 31.2 Å². The van der Waals surface area contributed by atoms with E-state index in [9.17, 15) is 0 Å². The van der Waals surface area contributed by atoms with E-state index >= 15 is 0 Å². The lowest BCUT2D eigenvalue weighted by molar-refractivity contribution is -0.264. The van der Waals surface area contributed by atoms with Crippen LogP contribution in [-0.4, -0.2) is 37.5 Å². The summed E-state index contributed by atoms with van der Waals surface area (Å²) in [6, 6.07) is 8.01. The highest BCUT2D eigenvalue weighted by Gasteiger charge is 2.21. The molecule has 1 aromatic carbocycles. The Morgan fingerprint density at radius 3 is 2.21 bits per heavy atom. The van der Waals surface area contributed by atoms with Gasteiger partial charge in [-0.05, 0) is 56.2 Å². The van der Waals surface area contributed by atoms with Crippen molar-refractivity contribution in [2.75, 3.05) is 19.8 Å². The number of benzene rings is 1. The van der Waals surface area contributed by atoms with Crippen molar-refractivity contribution in [3.8, 4) is 0 Å². The van der Waals surface area contributed by atoms with Gasteiger partial charge in [0, 0.05) is 30.2 Å². The molecule has 3 unspecified atom stereocenters. The van der Waals surface area contributed by atoms with Crippen LogP contribution in [0.4, 0.5) is 0 Å². The molecule has 2 saturated heterocycles. The number of rotatable bonds is 4. The molecule has 2 aliphatic rings. The molecule has 2 heterocycles. The average Bonchev–Trinajstić information content (AvgIpc) is 2.63.